The number of hydrogen-bond acceptors (Lipinski definition) is 5. The summed E-state index contributed by atoms with van der Waals surface area (Å²) in [5.41, 5.74) is 0.811. The fraction of sp³-hybridized carbons (Fsp3) is 0.355. The fourth-order valence-electron chi connectivity index (χ4n) is 5.57. The molecule has 5 rings (SSSR count). The molecule has 1 amide bonds. The van der Waals surface area contributed by atoms with Gasteiger partial charge in [-0.25, -0.2) is 17.2 Å². The molecule has 0 aromatic heterocycles. The first-order valence-electron chi connectivity index (χ1n) is 14.1. The van der Waals surface area contributed by atoms with Crippen molar-refractivity contribution in [3.05, 3.63) is 99.5 Å². The summed E-state index contributed by atoms with van der Waals surface area (Å²) in [6.45, 7) is 1.38. The molecule has 13 heteroatoms. The summed E-state index contributed by atoms with van der Waals surface area (Å²) in [6.07, 6.45) is -1.99. The van der Waals surface area contributed by atoms with E-state index in [1.807, 2.05) is 0 Å². The number of morpholine rings is 1. The van der Waals surface area contributed by atoms with Crippen molar-refractivity contribution in [2.24, 2.45) is 0 Å². The SMILES string of the molecule is CC[C@@H](CN(c1ccc(F)cc1F)S(=O)(=O)C1CC1)N1C(=O)[C@H](CC(=O)O)O[C@H](c2cccc(Cl)c2)[C@H]1c1ccc(Cl)cc1. The topological polar surface area (TPSA) is 104 Å². The van der Waals surface area contributed by atoms with E-state index in [1.54, 1.807) is 55.5 Å². The van der Waals surface area contributed by atoms with Gasteiger partial charge in [-0.15, -0.1) is 0 Å². The Bertz CT molecular complexity index is 1660. The van der Waals surface area contributed by atoms with Gasteiger partial charge in [0.1, 0.15) is 23.8 Å². The summed E-state index contributed by atoms with van der Waals surface area (Å²) in [6, 6.07) is 14.3. The number of halogens is 4. The van der Waals surface area contributed by atoms with Crippen LogP contribution in [0.25, 0.3) is 0 Å². The van der Waals surface area contributed by atoms with Crippen LogP contribution in [0.5, 0.6) is 0 Å². The molecule has 44 heavy (non-hydrogen) atoms. The smallest absolute Gasteiger partial charge is 0.306 e. The number of anilines is 1. The van der Waals surface area contributed by atoms with E-state index in [2.05, 4.69) is 0 Å². The number of carboxylic acid groups (broad SMARTS) is 1. The molecule has 1 saturated heterocycles. The molecule has 0 bridgehead atoms. The molecular weight excluding hydrogens is 637 g/mol. The van der Waals surface area contributed by atoms with E-state index in [1.165, 1.54) is 4.90 Å². The Morgan fingerprint density at radius 2 is 1.75 bits per heavy atom. The Kier molecular flexibility index (Phi) is 9.50. The van der Waals surface area contributed by atoms with Crippen LogP contribution in [0.3, 0.4) is 0 Å². The van der Waals surface area contributed by atoms with Crippen LogP contribution in [0.2, 0.25) is 10.0 Å². The number of ether oxygens (including phenoxy) is 1. The molecule has 1 N–H and O–H groups in total. The maximum absolute atomic E-state index is 15.2. The van der Waals surface area contributed by atoms with Gasteiger partial charge in [-0.3, -0.25) is 13.9 Å². The Labute approximate surface area is 264 Å². The standard InChI is InChI=1S/C31H30Cl2F2N2O6S/c1-2-23(17-36(44(41,42)24-11-12-24)26-13-10-22(34)15-25(26)35)37-29(18-6-8-20(32)9-7-18)30(19-4-3-5-21(33)14-19)43-27(31(37)40)16-28(38)39/h3-10,13-15,23-24,27,29-30H,2,11-12,16-17H2,1H3,(H,38,39)/t23-,27-,29+,30+/m0/s1. The number of carboxylic acids is 1. The fourth-order valence-corrected chi connectivity index (χ4v) is 7.79. The van der Waals surface area contributed by atoms with Crippen LogP contribution in [0.4, 0.5) is 14.5 Å². The minimum Gasteiger partial charge on any atom is -0.481 e. The van der Waals surface area contributed by atoms with E-state index < -0.39 is 69.5 Å². The number of carbonyl (C=O) groups is 2. The van der Waals surface area contributed by atoms with E-state index in [9.17, 15) is 27.5 Å². The first-order valence-corrected chi connectivity index (χ1v) is 16.3. The molecule has 8 nitrogen and oxygen atoms in total. The second-order valence-corrected chi connectivity index (χ2v) is 13.9. The zero-order chi connectivity index (χ0) is 31.8. The molecule has 4 atom stereocenters. The van der Waals surface area contributed by atoms with E-state index in [4.69, 9.17) is 27.9 Å². The van der Waals surface area contributed by atoms with E-state index >= 15 is 4.39 Å². The van der Waals surface area contributed by atoms with Crippen molar-refractivity contribution in [3.63, 3.8) is 0 Å². The predicted molar refractivity (Wildman–Crippen MR) is 162 cm³/mol. The van der Waals surface area contributed by atoms with Gasteiger partial charge >= 0.3 is 5.97 Å². The van der Waals surface area contributed by atoms with Crippen LogP contribution in [0, 0.1) is 11.6 Å². The van der Waals surface area contributed by atoms with Gasteiger partial charge in [0.15, 0.2) is 0 Å². The second kappa shape index (κ2) is 13.0. The van der Waals surface area contributed by atoms with Crippen LogP contribution < -0.4 is 4.31 Å². The number of nitrogens with zero attached hydrogens (tertiary/aromatic N) is 2. The first kappa shape index (κ1) is 32.2. The highest BCUT2D eigenvalue weighted by Crippen LogP contribution is 2.45. The largest absolute Gasteiger partial charge is 0.481 e. The summed E-state index contributed by atoms with van der Waals surface area (Å²) in [7, 11) is -4.10. The Morgan fingerprint density at radius 3 is 2.34 bits per heavy atom. The van der Waals surface area contributed by atoms with Crippen molar-refractivity contribution in [1.29, 1.82) is 0 Å². The third-order valence-corrected chi connectivity index (χ3v) is 10.6. The second-order valence-electron chi connectivity index (χ2n) is 10.9. The van der Waals surface area contributed by atoms with Gasteiger partial charge in [0, 0.05) is 16.1 Å². The maximum Gasteiger partial charge on any atom is 0.306 e. The molecule has 1 heterocycles. The van der Waals surface area contributed by atoms with Crippen LogP contribution in [-0.4, -0.2) is 54.2 Å². The van der Waals surface area contributed by atoms with E-state index in [0.29, 0.717) is 40.1 Å². The summed E-state index contributed by atoms with van der Waals surface area (Å²) in [4.78, 5) is 27.5. The predicted octanol–water partition coefficient (Wildman–Crippen LogP) is 6.53. The summed E-state index contributed by atoms with van der Waals surface area (Å²) in [5, 5.41) is 9.74. The molecule has 2 aliphatic rings. The maximum atomic E-state index is 15.2. The third-order valence-electron chi connectivity index (χ3n) is 7.85. The lowest BCUT2D eigenvalue weighted by atomic mass is 9.89. The van der Waals surface area contributed by atoms with Gasteiger partial charge in [-0.2, -0.15) is 0 Å². The quantitative estimate of drug-likeness (QED) is 0.249. The third kappa shape index (κ3) is 6.71. The molecule has 0 unspecified atom stereocenters. The number of benzene rings is 3. The minimum absolute atomic E-state index is 0.206. The highest BCUT2D eigenvalue weighted by Gasteiger charge is 2.49. The Hall–Kier alpha value is -3.25. The highest BCUT2D eigenvalue weighted by molar-refractivity contribution is 7.93. The zero-order valence-corrected chi connectivity index (χ0v) is 25.9. The van der Waals surface area contributed by atoms with Crippen molar-refractivity contribution in [1.82, 2.24) is 4.90 Å². The van der Waals surface area contributed by atoms with Crippen LogP contribution >= 0.6 is 23.2 Å². The highest BCUT2D eigenvalue weighted by atomic mass is 35.5. The van der Waals surface area contributed by atoms with E-state index in [-0.39, 0.29) is 18.7 Å². The van der Waals surface area contributed by atoms with Crippen LogP contribution in [-0.2, 0) is 24.3 Å². The van der Waals surface area contributed by atoms with Gasteiger partial charge in [-0.1, -0.05) is 54.4 Å². The molecule has 2 fully saturated rings. The lowest BCUT2D eigenvalue weighted by Gasteiger charge is -2.48. The molecule has 3 aromatic carbocycles. The van der Waals surface area contributed by atoms with Gasteiger partial charge in [0.25, 0.3) is 5.91 Å². The molecule has 3 aromatic rings. The summed E-state index contributed by atoms with van der Waals surface area (Å²) >= 11 is 12.5. The first-order chi connectivity index (χ1) is 20.9. The van der Waals surface area contributed by atoms with Crippen molar-refractivity contribution < 1.29 is 36.6 Å². The monoisotopic (exact) mass is 666 g/mol. The number of rotatable bonds is 11. The van der Waals surface area contributed by atoms with Crippen molar-refractivity contribution in [2.45, 2.75) is 62.1 Å². The normalized spacial score (nSPS) is 21.2. The number of aliphatic carboxylic acids is 1. The zero-order valence-electron chi connectivity index (χ0n) is 23.6. The van der Waals surface area contributed by atoms with Gasteiger partial charge in [0.2, 0.25) is 10.0 Å². The van der Waals surface area contributed by atoms with Crippen molar-refractivity contribution in [3.8, 4) is 0 Å². The molecule has 1 aliphatic carbocycles. The van der Waals surface area contributed by atoms with Gasteiger partial charge in [0.05, 0.1) is 36.0 Å². The average molecular weight is 668 g/mol. The molecular formula is C31H30Cl2F2N2O6S. The Morgan fingerprint density at radius 1 is 1.05 bits per heavy atom. The van der Waals surface area contributed by atoms with Crippen LogP contribution in [0.15, 0.2) is 66.7 Å². The lowest BCUT2D eigenvalue weighted by Crippen LogP contribution is -2.58. The summed E-state index contributed by atoms with van der Waals surface area (Å²) in [5.74, 6) is -3.86. The number of hydrogen-bond donors (Lipinski definition) is 1. The number of carbonyl (C=O) groups excluding carboxylic acids is 1. The molecule has 1 aliphatic heterocycles. The molecule has 1 saturated carbocycles. The molecule has 0 spiro atoms. The average Bonchev–Trinajstić information content (AvgIpc) is 3.82. The van der Waals surface area contributed by atoms with Crippen LogP contribution in [0.1, 0.15) is 55.9 Å². The van der Waals surface area contributed by atoms with Crippen molar-refractivity contribution in [2.75, 3.05) is 10.8 Å². The van der Waals surface area contributed by atoms with E-state index in [0.717, 1.165) is 16.4 Å². The molecule has 0 radical (unpaired) electrons. The van der Waals surface area contributed by atoms with Gasteiger partial charge < -0.3 is 14.7 Å². The molecule has 234 valence electrons. The van der Waals surface area contributed by atoms with Gasteiger partial charge in [-0.05, 0) is 66.8 Å². The minimum atomic E-state index is -4.10. The summed E-state index contributed by atoms with van der Waals surface area (Å²) < 4.78 is 63.5. The van der Waals surface area contributed by atoms with Crippen molar-refractivity contribution >= 4 is 50.8 Å². The Balaban J connectivity index is 1.66. The number of sulfonamides is 1. The lowest BCUT2D eigenvalue weighted by molar-refractivity contribution is -0.183. The number of amides is 1.